The summed E-state index contributed by atoms with van der Waals surface area (Å²) in [4.78, 5) is 13.8. The minimum Gasteiger partial charge on any atom is -0.368 e. The van der Waals surface area contributed by atoms with Gasteiger partial charge in [0.2, 0.25) is 0 Å². The lowest BCUT2D eigenvalue weighted by molar-refractivity contribution is 0.360. The van der Waals surface area contributed by atoms with E-state index >= 15 is 0 Å². The molecule has 0 bridgehead atoms. The molecule has 1 fully saturated rings. The highest BCUT2D eigenvalue weighted by atomic mass is 79.9. The van der Waals surface area contributed by atoms with E-state index in [2.05, 4.69) is 48.8 Å². The monoisotopic (exact) mass is 320 g/mol. The van der Waals surface area contributed by atoms with Crippen LogP contribution in [0.4, 0.5) is 5.69 Å². The normalized spacial score (nSPS) is 17.7. The topological polar surface area (TPSA) is 32.3 Å². The van der Waals surface area contributed by atoms with Gasteiger partial charge in [0.05, 0.1) is 11.2 Å². The molecule has 2 aromatic rings. The molecule has 3 heterocycles. The number of nitrogens with zero attached hydrogens (tertiary/aromatic N) is 4. The Morgan fingerprint density at radius 3 is 2.95 bits per heavy atom. The van der Waals surface area contributed by atoms with Crippen LogP contribution in [0.1, 0.15) is 6.42 Å². The van der Waals surface area contributed by atoms with Gasteiger partial charge in [0.1, 0.15) is 5.52 Å². The molecule has 0 unspecified atom stereocenters. The Bertz CT molecular complexity index is 587. The molecule has 1 aliphatic heterocycles. The first-order valence-corrected chi connectivity index (χ1v) is 7.37. The molecule has 0 spiro atoms. The minimum absolute atomic E-state index is 0.949. The third-order valence-electron chi connectivity index (χ3n) is 3.58. The number of aromatic nitrogens is 2. The third kappa shape index (κ3) is 2.72. The first kappa shape index (κ1) is 12.8. The van der Waals surface area contributed by atoms with Gasteiger partial charge in [0.15, 0.2) is 0 Å². The fourth-order valence-electron chi connectivity index (χ4n) is 2.53. The summed E-state index contributed by atoms with van der Waals surface area (Å²) < 4.78 is 0.972. The summed E-state index contributed by atoms with van der Waals surface area (Å²) in [6.07, 6.45) is 4.91. The van der Waals surface area contributed by atoms with Crippen molar-refractivity contribution in [2.24, 2.45) is 0 Å². The lowest BCUT2D eigenvalue weighted by Gasteiger charge is -2.23. The summed E-state index contributed by atoms with van der Waals surface area (Å²) in [5.41, 5.74) is 3.15. The Morgan fingerprint density at radius 1 is 1.16 bits per heavy atom. The second-order valence-electron chi connectivity index (χ2n) is 5.00. The lowest BCUT2D eigenvalue weighted by Crippen LogP contribution is -2.29. The first-order valence-electron chi connectivity index (χ1n) is 6.58. The van der Waals surface area contributed by atoms with E-state index in [4.69, 9.17) is 0 Å². The van der Waals surface area contributed by atoms with E-state index in [9.17, 15) is 0 Å². The average molecular weight is 321 g/mol. The molecule has 0 radical (unpaired) electrons. The Hall–Kier alpha value is -1.20. The second kappa shape index (κ2) is 5.43. The van der Waals surface area contributed by atoms with Crippen molar-refractivity contribution in [2.75, 3.05) is 38.1 Å². The van der Waals surface area contributed by atoms with Gasteiger partial charge in [0, 0.05) is 36.5 Å². The molecule has 0 aromatic carbocycles. The first-order chi connectivity index (χ1) is 9.24. The van der Waals surface area contributed by atoms with E-state index in [1.54, 1.807) is 0 Å². The predicted octanol–water partition coefficient (Wildman–Crippen LogP) is 2.53. The molecule has 1 saturated heterocycles. The molecule has 4 nitrogen and oxygen atoms in total. The Kier molecular flexibility index (Phi) is 3.66. The molecule has 0 N–H and O–H groups in total. The smallest absolute Gasteiger partial charge is 0.112 e. The molecular formula is C14H17BrN4. The lowest BCUT2D eigenvalue weighted by atomic mass is 10.2. The highest BCUT2D eigenvalue weighted by Gasteiger charge is 2.15. The average Bonchev–Trinajstić information content (AvgIpc) is 2.62. The van der Waals surface area contributed by atoms with Crippen LogP contribution in [0.2, 0.25) is 0 Å². The molecule has 19 heavy (non-hydrogen) atoms. The summed E-state index contributed by atoms with van der Waals surface area (Å²) in [5.74, 6) is 0. The Morgan fingerprint density at radius 2 is 2.05 bits per heavy atom. The van der Waals surface area contributed by atoms with Crippen LogP contribution in [-0.4, -0.2) is 48.1 Å². The van der Waals surface area contributed by atoms with Crippen molar-refractivity contribution in [2.45, 2.75) is 6.42 Å². The van der Waals surface area contributed by atoms with Crippen LogP contribution in [0, 0.1) is 0 Å². The summed E-state index contributed by atoms with van der Waals surface area (Å²) in [6.45, 7) is 4.40. The summed E-state index contributed by atoms with van der Waals surface area (Å²) in [7, 11) is 2.18. The Labute approximate surface area is 121 Å². The molecule has 5 heteroatoms. The van der Waals surface area contributed by atoms with Gasteiger partial charge in [0.25, 0.3) is 0 Å². The SMILES string of the molecule is CN1CCCN(c2ccnc3cc(Br)cnc23)CC1. The number of rotatable bonds is 1. The van der Waals surface area contributed by atoms with Crippen molar-refractivity contribution in [3.63, 3.8) is 0 Å². The molecule has 100 valence electrons. The molecule has 2 aromatic heterocycles. The number of hydrogen-bond acceptors (Lipinski definition) is 4. The van der Waals surface area contributed by atoms with E-state index in [0.29, 0.717) is 0 Å². The largest absolute Gasteiger partial charge is 0.368 e. The molecule has 0 aliphatic carbocycles. The van der Waals surface area contributed by atoms with Crippen LogP contribution < -0.4 is 4.90 Å². The van der Waals surface area contributed by atoms with Gasteiger partial charge in [-0.3, -0.25) is 9.97 Å². The van der Waals surface area contributed by atoms with Gasteiger partial charge < -0.3 is 9.80 Å². The fourth-order valence-corrected chi connectivity index (χ4v) is 2.85. The highest BCUT2D eigenvalue weighted by Crippen LogP contribution is 2.26. The molecule has 3 rings (SSSR count). The number of likely N-dealkylation sites (N-methyl/N-ethyl adjacent to an activating group) is 1. The van der Waals surface area contributed by atoms with Gasteiger partial charge >= 0.3 is 0 Å². The summed E-state index contributed by atoms with van der Waals surface area (Å²) >= 11 is 3.45. The summed E-state index contributed by atoms with van der Waals surface area (Å²) in [5, 5.41) is 0. The summed E-state index contributed by atoms with van der Waals surface area (Å²) in [6, 6.07) is 4.10. The molecule has 1 aliphatic rings. The number of halogens is 1. The van der Waals surface area contributed by atoms with Crippen LogP contribution in [0.25, 0.3) is 11.0 Å². The zero-order valence-electron chi connectivity index (χ0n) is 11.0. The zero-order valence-corrected chi connectivity index (χ0v) is 12.6. The van der Waals surface area contributed by atoms with E-state index in [1.807, 2.05) is 18.5 Å². The Balaban J connectivity index is 2.00. The van der Waals surface area contributed by atoms with Crippen LogP contribution in [0.5, 0.6) is 0 Å². The van der Waals surface area contributed by atoms with Crippen molar-refractivity contribution >= 4 is 32.7 Å². The molecule has 0 amide bonds. The van der Waals surface area contributed by atoms with Gasteiger partial charge in [-0.2, -0.15) is 0 Å². The minimum atomic E-state index is 0.949. The molecule has 0 saturated carbocycles. The van der Waals surface area contributed by atoms with Crippen molar-refractivity contribution in [3.8, 4) is 0 Å². The van der Waals surface area contributed by atoms with Crippen molar-refractivity contribution < 1.29 is 0 Å². The van der Waals surface area contributed by atoms with E-state index < -0.39 is 0 Å². The number of anilines is 1. The van der Waals surface area contributed by atoms with Crippen LogP contribution in [0.15, 0.2) is 29.0 Å². The quantitative estimate of drug-likeness (QED) is 0.808. The van der Waals surface area contributed by atoms with Crippen LogP contribution in [0.3, 0.4) is 0 Å². The van der Waals surface area contributed by atoms with E-state index in [1.165, 1.54) is 18.7 Å². The van der Waals surface area contributed by atoms with Crippen molar-refractivity contribution in [1.82, 2.24) is 14.9 Å². The maximum atomic E-state index is 4.54. The number of pyridine rings is 2. The zero-order chi connectivity index (χ0) is 13.2. The number of fused-ring (bicyclic) bond motifs is 1. The predicted molar refractivity (Wildman–Crippen MR) is 81.6 cm³/mol. The van der Waals surface area contributed by atoms with E-state index in [0.717, 1.165) is 35.1 Å². The second-order valence-corrected chi connectivity index (χ2v) is 5.91. The van der Waals surface area contributed by atoms with Crippen molar-refractivity contribution in [3.05, 3.63) is 29.0 Å². The van der Waals surface area contributed by atoms with Crippen LogP contribution >= 0.6 is 15.9 Å². The van der Waals surface area contributed by atoms with Gasteiger partial charge in [-0.1, -0.05) is 0 Å². The third-order valence-corrected chi connectivity index (χ3v) is 4.02. The maximum Gasteiger partial charge on any atom is 0.112 e. The van der Waals surface area contributed by atoms with Crippen molar-refractivity contribution in [1.29, 1.82) is 0 Å². The number of hydrogen-bond donors (Lipinski definition) is 0. The van der Waals surface area contributed by atoms with Crippen LogP contribution in [-0.2, 0) is 0 Å². The standard InChI is InChI=1S/C14H17BrN4/c1-18-5-2-6-19(8-7-18)13-3-4-16-12-9-11(15)10-17-14(12)13/h3-4,9-10H,2,5-8H2,1H3. The highest BCUT2D eigenvalue weighted by molar-refractivity contribution is 9.10. The van der Waals surface area contributed by atoms with Gasteiger partial charge in [-0.05, 0) is 48.1 Å². The van der Waals surface area contributed by atoms with Gasteiger partial charge in [-0.25, -0.2) is 0 Å². The molecular weight excluding hydrogens is 304 g/mol. The molecule has 0 atom stereocenters. The van der Waals surface area contributed by atoms with E-state index in [-0.39, 0.29) is 0 Å². The fraction of sp³-hybridized carbons (Fsp3) is 0.429. The van der Waals surface area contributed by atoms with Gasteiger partial charge in [-0.15, -0.1) is 0 Å². The maximum absolute atomic E-state index is 4.54.